The largest absolute Gasteiger partial charge is 0.417 e. The summed E-state index contributed by atoms with van der Waals surface area (Å²) in [4.78, 5) is 14.0. The van der Waals surface area contributed by atoms with Gasteiger partial charge in [-0.2, -0.15) is 13.2 Å². The van der Waals surface area contributed by atoms with Gasteiger partial charge in [-0.1, -0.05) is 19.8 Å². The Bertz CT molecular complexity index is 406. The van der Waals surface area contributed by atoms with Gasteiger partial charge in [0.1, 0.15) is 0 Å². The first-order valence-electron chi connectivity index (χ1n) is 8.12. The molecule has 1 aliphatic heterocycles. The molecule has 1 amide bonds. The number of rotatable bonds is 3. The number of alkyl halides is 3. The van der Waals surface area contributed by atoms with E-state index in [1.54, 1.807) is 4.90 Å². The summed E-state index contributed by atoms with van der Waals surface area (Å²) in [5.74, 6) is -0.784. The standard InChI is InChI=1S/C16H26F3NO2/c1-14(7-3-4-8-14)11-13(21)20-9-5-12(6-10-20)15(2,22)16(17,18)19/h12,22H,3-11H2,1-2H3. The van der Waals surface area contributed by atoms with Crippen LogP contribution < -0.4 is 0 Å². The molecule has 1 saturated heterocycles. The predicted octanol–water partition coefficient (Wildman–Crippen LogP) is 3.51. The molecule has 128 valence electrons. The molecule has 2 rings (SSSR count). The zero-order chi connectivity index (χ0) is 16.6. The molecule has 1 aliphatic carbocycles. The maximum atomic E-state index is 12.9. The Morgan fingerprint density at radius 2 is 1.73 bits per heavy atom. The van der Waals surface area contributed by atoms with E-state index in [4.69, 9.17) is 0 Å². The summed E-state index contributed by atoms with van der Waals surface area (Å²) < 4.78 is 38.6. The minimum Gasteiger partial charge on any atom is -0.380 e. The minimum absolute atomic E-state index is 0.0505. The van der Waals surface area contributed by atoms with Crippen LogP contribution in [0.4, 0.5) is 13.2 Å². The van der Waals surface area contributed by atoms with Crippen molar-refractivity contribution >= 4 is 5.91 Å². The van der Waals surface area contributed by atoms with Crippen molar-refractivity contribution in [3.63, 3.8) is 0 Å². The van der Waals surface area contributed by atoms with E-state index in [0.717, 1.165) is 32.6 Å². The molecule has 1 atom stereocenters. The van der Waals surface area contributed by atoms with Crippen LogP contribution in [0.2, 0.25) is 0 Å². The molecule has 3 nitrogen and oxygen atoms in total. The zero-order valence-electron chi connectivity index (χ0n) is 13.4. The molecule has 1 heterocycles. The highest BCUT2D eigenvalue weighted by Gasteiger charge is 2.55. The Morgan fingerprint density at radius 3 is 2.18 bits per heavy atom. The molecular formula is C16H26F3NO2. The fraction of sp³-hybridized carbons (Fsp3) is 0.938. The van der Waals surface area contributed by atoms with Gasteiger partial charge in [0.15, 0.2) is 5.60 Å². The van der Waals surface area contributed by atoms with Gasteiger partial charge in [-0.15, -0.1) is 0 Å². The molecule has 6 heteroatoms. The van der Waals surface area contributed by atoms with Gasteiger partial charge in [0.2, 0.25) is 5.91 Å². The number of hydrogen-bond acceptors (Lipinski definition) is 2. The summed E-state index contributed by atoms with van der Waals surface area (Å²) in [6.45, 7) is 3.59. The second kappa shape index (κ2) is 6.02. The van der Waals surface area contributed by atoms with E-state index in [-0.39, 0.29) is 24.2 Å². The van der Waals surface area contributed by atoms with Gasteiger partial charge in [-0.05, 0) is 43.9 Å². The van der Waals surface area contributed by atoms with Gasteiger partial charge in [-0.25, -0.2) is 0 Å². The first-order chi connectivity index (χ1) is 10.1. The molecule has 22 heavy (non-hydrogen) atoms. The van der Waals surface area contributed by atoms with Crippen molar-refractivity contribution in [1.82, 2.24) is 4.90 Å². The van der Waals surface area contributed by atoms with Crippen molar-refractivity contribution in [3.8, 4) is 0 Å². The summed E-state index contributed by atoms with van der Waals surface area (Å²) >= 11 is 0. The SMILES string of the molecule is CC1(CC(=O)N2CCC(C(C)(O)C(F)(F)F)CC2)CCCC1. The molecule has 0 bridgehead atoms. The van der Waals surface area contributed by atoms with Gasteiger partial charge < -0.3 is 10.0 Å². The van der Waals surface area contributed by atoms with Crippen molar-refractivity contribution < 1.29 is 23.1 Å². The normalized spacial score (nSPS) is 26.0. The second-order valence-electron chi connectivity index (χ2n) is 7.49. The van der Waals surface area contributed by atoms with Crippen molar-refractivity contribution in [2.75, 3.05) is 13.1 Å². The third-order valence-electron chi connectivity index (χ3n) is 5.61. The Labute approximate surface area is 129 Å². The zero-order valence-corrected chi connectivity index (χ0v) is 13.4. The molecule has 0 radical (unpaired) electrons. The smallest absolute Gasteiger partial charge is 0.380 e. The molecule has 0 aromatic heterocycles. The van der Waals surface area contributed by atoms with Gasteiger partial charge in [0.25, 0.3) is 0 Å². The molecule has 2 fully saturated rings. The molecule has 0 aromatic carbocycles. The van der Waals surface area contributed by atoms with Crippen molar-refractivity contribution in [1.29, 1.82) is 0 Å². The first kappa shape index (κ1) is 17.6. The lowest BCUT2D eigenvalue weighted by atomic mass is 9.80. The summed E-state index contributed by atoms with van der Waals surface area (Å²) in [6, 6.07) is 0. The van der Waals surface area contributed by atoms with Crippen LogP contribution in [0.1, 0.15) is 58.8 Å². The summed E-state index contributed by atoms with van der Waals surface area (Å²) in [5.41, 5.74) is -2.61. The maximum Gasteiger partial charge on any atom is 0.417 e. The average Bonchev–Trinajstić information content (AvgIpc) is 2.84. The second-order valence-corrected chi connectivity index (χ2v) is 7.49. The fourth-order valence-electron chi connectivity index (χ4n) is 3.80. The summed E-state index contributed by atoms with van der Waals surface area (Å²) in [6.07, 6.45) is 0.690. The lowest BCUT2D eigenvalue weighted by Crippen LogP contribution is -2.53. The Morgan fingerprint density at radius 1 is 1.23 bits per heavy atom. The summed E-state index contributed by atoms with van der Waals surface area (Å²) in [7, 11) is 0. The van der Waals surface area contributed by atoms with E-state index in [9.17, 15) is 23.1 Å². The van der Waals surface area contributed by atoms with Crippen LogP contribution in [0.15, 0.2) is 0 Å². The molecule has 0 spiro atoms. The topological polar surface area (TPSA) is 40.5 Å². The van der Waals surface area contributed by atoms with E-state index in [1.807, 2.05) is 0 Å². The van der Waals surface area contributed by atoms with E-state index in [0.29, 0.717) is 19.5 Å². The fourth-order valence-corrected chi connectivity index (χ4v) is 3.80. The van der Waals surface area contributed by atoms with Crippen LogP contribution in [-0.2, 0) is 4.79 Å². The van der Waals surface area contributed by atoms with Crippen LogP contribution >= 0.6 is 0 Å². The van der Waals surface area contributed by atoms with Crippen LogP contribution in [0.25, 0.3) is 0 Å². The minimum atomic E-state index is -4.62. The highest BCUT2D eigenvalue weighted by atomic mass is 19.4. The molecule has 1 N–H and O–H groups in total. The lowest BCUT2D eigenvalue weighted by molar-refractivity contribution is -0.275. The number of hydrogen-bond donors (Lipinski definition) is 1. The van der Waals surface area contributed by atoms with Crippen LogP contribution in [0, 0.1) is 11.3 Å². The first-order valence-corrected chi connectivity index (χ1v) is 8.12. The third kappa shape index (κ3) is 3.58. The number of nitrogens with zero attached hydrogens (tertiary/aromatic N) is 1. The lowest BCUT2D eigenvalue weighted by Gasteiger charge is -2.41. The number of carbonyl (C=O) groups is 1. The average molecular weight is 321 g/mol. The quantitative estimate of drug-likeness (QED) is 0.864. The van der Waals surface area contributed by atoms with Gasteiger partial charge in [0, 0.05) is 19.5 Å². The van der Waals surface area contributed by atoms with Crippen molar-refractivity contribution in [3.05, 3.63) is 0 Å². The van der Waals surface area contributed by atoms with E-state index in [2.05, 4.69) is 6.92 Å². The number of amides is 1. The van der Waals surface area contributed by atoms with Gasteiger partial charge in [0.05, 0.1) is 0 Å². The molecular weight excluding hydrogens is 295 g/mol. The molecule has 1 saturated carbocycles. The van der Waals surface area contributed by atoms with Crippen LogP contribution in [0.5, 0.6) is 0 Å². The number of aliphatic hydroxyl groups is 1. The Balaban J connectivity index is 1.88. The Hall–Kier alpha value is -0.780. The van der Waals surface area contributed by atoms with Crippen LogP contribution in [-0.4, -0.2) is 40.8 Å². The van der Waals surface area contributed by atoms with Crippen LogP contribution in [0.3, 0.4) is 0 Å². The maximum absolute atomic E-state index is 12.9. The van der Waals surface area contributed by atoms with Gasteiger partial charge in [-0.3, -0.25) is 4.79 Å². The van der Waals surface area contributed by atoms with Gasteiger partial charge >= 0.3 is 6.18 Å². The van der Waals surface area contributed by atoms with Crippen molar-refractivity contribution in [2.45, 2.75) is 70.6 Å². The number of carbonyl (C=O) groups excluding carboxylic acids is 1. The highest BCUT2D eigenvalue weighted by Crippen LogP contribution is 2.42. The summed E-state index contributed by atoms with van der Waals surface area (Å²) in [5, 5.41) is 9.74. The molecule has 0 aromatic rings. The number of piperidine rings is 1. The van der Waals surface area contributed by atoms with E-state index in [1.165, 1.54) is 0 Å². The van der Waals surface area contributed by atoms with E-state index >= 15 is 0 Å². The monoisotopic (exact) mass is 321 g/mol. The van der Waals surface area contributed by atoms with Crippen molar-refractivity contribution in [2.24, 2.45) is 11.3 Å². The highest BCUT2D eigenvalue weighted by molar-refractivity contribution is 5.77. The van der Waals surface area contributed by atoms with E-state index < -0.39 is 17.7 Å². The number of likely N-dealkylation sites (tertiary alicyclic amines) is 1. The Kier molecular flexibility index (Phi) is 4.81. The molecule has 2 aliphatic rings. The number of halogens is 3. The third-order valence-corrected chi connectivity index (χ3v) is 5.61. The predicted molar refractivity (Wildman–Crippen MR) is 77.2 cm³/mol. The molecule has 1 unspecified atom stereocenters.